The largest absolute Gasteiger partial charge is 0.476 e. The zero-order chi connectivity index (χ0) is 12.9. The first-order valence-electron chi connectivity index (χ1n) is 4.78. The fourth-order valence-electron chi connectivity index (χ4n) is 1.11. The molecule has 0 aliphatic rings. The summed E-state index contributed by atoms with van der Waals surface area (Å²) >= 11 is 0. The second-order valence-corrected chi connectivity index (χ2v) is 3.26. The lowest BCUT2D eigenvalue weighted by atomic mass is 10.2. The Balaban J connectivity index is 2.51. The van der Waals surface area contributed by atoms with Gasteiger partial charge in [0.2, 0.25) is 5.88 Å². The van der Waals surface area contributed by atoms with E-state index in [0.717, 1.165) is 0 Å². The van der Waals surface area contributed by atoms with E-state index in [9.17, 15) is 13.2 Å². The maximum Gasteiger partial charge on any atom is 0.389 e. The lowest BCUT2D eigenvalue weighted by molar-refractivity contribution is -0.136. The van der Waals surface area contributed by atoms with Crippen LogP contribution in [0.2, 0.25) is 0 Å². The number of aromatic nitrogens is 1. The maximum absolute atomic E-state index is 11.8. The van der Waals surface area contributed by atoms with Crippen molar-refractivity contribution in [2.75, 3.05) is 12.3 Å². The van der Waals surface area contributed by atoms with Crippen molar-refractivity contribution in [2.24, 2.45) is 0 Å². The number of rotatable bonds is 4. The molecule has 1 heterocycles. The second-order valence-electron chi connectivity index (χ2n) is 3.26. The summed E-state index contributed by atoms with van der Waals surface area (Å²) in [5, 5.41) is 8.66. The zero-order valence-electron chi connectivity index (χ0n) is 8.79. The molecule has 1 aromatic heterocycles. The van der Waals surface area contributed by atoms with Gasteiger partial charge in [0.1, 0.15) is 11.8 Å². The summed E-state index contributed by atoms with van der Waals surface area (Å²) in [5.41, 5.74) is 5.76. The topological polar surface area (TPSA) is 71.9 Å². The molecule has 0 spiro atoms. The molecule has 0 atom stereocenters. The Bertz CT molecular complexity index is 426. The third-order valence-electron chi connectivity index (χ3n) is 1.92. The summed E-state index contributed by atoms with van der Waals surface area (Å²) in [5.74, 6) is -0.00813. The molecule has 0 aromatic carbocycles. The van der Waals surface area contributed by atoms with Gasteiger partial charge in [0.25, 0.3) is 0 Å². The van der Waals surface area contributed by atoms with Crippen LogP contribution >= 0.6 is 0 Å². The fraction of sp³-hybridized carbons (Fsp3) is 0.400. The van der Waals surface area contributed by atoms with Gasteiger partial charge in [-0.3, -0.25) is 0 Å². The summed E-state index contributed by atoms with van der Waals surface area (Å²) in [4.78, 5) is 3.74. The minimum Gasteiger partial charge on any atom is -0.476 e. The standard InChI is InChI=1S/C10H10F3N3O/c11-10(12,13)3-1-5-17-9-8(15)7(6-14)2-4-16-9/h2,4H,1,3,5,15H2. The van der Waals surface area contributed by atoms with Crippen LogP contribution in [0.3, 0.4) is 0 Å². The molecule has 0 fully saturated rings. The van der Waals surface area contributed by atoms with Crippen molar-refractivity contribution >= 4 is 5.69 Å². The minimum absolute atomic E-state index is 0.00813. The molecule has 0 radical (unpaired) electrons. The van der Waals surface area contributed by atoms with E-state index in [-0.39, 0.29) is 30.2 Å². The van der Waals surface area contributed by atoms with Crippen LogP contribution in [0.1, 0.15) is 18.4 Å². The Morgan fingerprint density at radius 3 is 2.76 bits per heavy atom. The number of halogens is 3. The molecule has 0 aliphatic heterocycles. The number of pyridine rings is 1. The predicted octanol–water partition coefficient (Wildman–Crippen LogP) is 2.26. The van der Waals surface area contributed by atoms with E-state index in [2.05, 4.69) is 4.98 Å². The number of anilines is 1. The highest BCUT2D eigenvalue weighted by atomic mass is 19.4. The van der Waals surface area contributed by atoms with Gasteiger partial charge in [-0.25, -0.2) is 4.98 Å². The van der Waals surface area contributed by atoms with Crippen LogP contribution in [0, 0.1) is 11.3 Å². The van der Waals surface area contributed by atoms with Gasteiger partial charge in [0.05, 0.1) is 12.2 Å². The van der Waals surface area contributed by atoms with Gasteiger partial charge in [-0.2, -0.15) is 18.4 Å². The van der Waals surface area contributed by atoms with Gasteiger partial charge in [-0.1, -0.05) is 0 Å². The van der Waals surface area contributed by atoms with Crippen molar-refractivity contribution in [2.45, 2.75) is 19.0 Å². The summed E-state index contributed by atoms with van der Waals surface area (Å²) in [6.07, 6.45) is -3.99. The Kier molecular flexibility index (Phi) is 4.15. The minimum atomic E-state index is -4.20. The van der Waals surface area contributed by atoms with Crippen LogP contribution in [-0.2, 0) is 0 Å². The van der Waals surface area contributed by atoms with Crippen molar-refractivity contribution in [3.05, 3.63) is 17.8 Å². The Morgan fingerprint density at radius 2 is 2.18 bits per heavy atom. The van der Waals surface area contributed by atoms with Gasteiger partial charge in [0.15, 0.2) is 0 Å². The Labute approximate surface area is 95.8 Å². The highest BCUT2D eigenvalue weighted by Crippen LogP contribution is 2.23. The van der Waals surface area contributed by atoms with E-state index in [1.807, 2.05) is 6.07 Å². The molecular formula is C10H10F3N3O. The molecule has 2 N–H and O–H groups in total. The van der Waals surface area contributed by atoms with Crippen LogP contribution < -0.4 is 10.5 Å². The van der Waals surface area contributed by atoms with E-state index in [0.29, 0.717) is 0 Å². The molecule has 0 amide bonds. The third-order valence-corrected chi connectivity index (χ3v) is 1.92. The van der Waals surface area contributed by atoms with Crippen molar-refractivity contribution in [1.82, 2.24) is 4.98 Å². The molecule has 7 heteroatoms. The van der Waals surface area contributed by atoms with Crippen LogP contribution in [0.5, 0.6) is 5.88 Å². The molecule has 17 heavy (non-hydrogen) atoms. The molecule has 1 aromatic rings. The van der Waals surface area contributed by atoms with Gasteiger partial charge < -0.3 is 10.5 Å². The molecule has 1 rings (SSSR count). The average Bonchev–Trinajstić information content (AvgIpc) is 2.25. The highest BCUT2D eigenvalue weighted by Gasteiger charge is 2.26. The molecule has 0 bridgehead atoms. The highest BCUT2D eigenvalue weighted by molar-refractivity contribution is 5.59. The maximum atomic E-state index is 11.8. The SMILES string of the molecule is N#Cc1ccnc(OCCCC(F)(F)F)c1N. The summed E-state index contributed by atoms with van der Waals surface area (Å²) in [7, 11) is 0. The van der Waals surface area contributed by atoms with Crippen LogP contribution in [0.25, 0.3) is 0 Å². The van der Waals surface area contributed by atoms with E-state index in [4.69, 9.17) is 15.7 Å². The normalized spacial score (nSPS) is 10.9. The molecule has 0 saturated carbocycles. The molecular weight excluding hydrogens is 235 g/mol. The number of nitriles is 1. The van der Waals surface area contributed by atoms with Crippen molar-refractivity contribution in [3.63, 3.8) is 0 Å². The summed E-state index contributed by atoms with van der Waals surface area (Å²) < 4.78 is 40.5. The predicted molar refractivity (Wildman–Crippen MR) is 54.1 cm³/mol. The fourth-order valence-corrected chi connectivity index (χ4v) is 1.11. The quantitative estimate of drug-likeness (QED) is 0.826. The lowest BCUT2D eigenvalue weighted by Gasteiger charge is -2.09. The molecule has 92 valence electrons. The smallest absolute Gasteiger partial charge is 0.389 e. The molecule has 0 aliphatic carbocycles. The van der Waals surface area contributed by atoms with Gasteiger partial charge in [0, 0.05) is 12.6 Å². The first kappa shape index (κ1) is 13.1. The van der Waals surface area contributed by atoms with Gasteiger partial charge in [-0.05, 0) is 12.5 Å². The van der Waals surface area contributed by atoms with Crippen LogP contribution in [0.15, 0.2) is 12.3 Å². The number of nitrogens with two attached hydrogens (primary N) is 1. The average molecular weight is 245 g/mol. The van der Waals surface area contributed by atoms with Crippen molar-refractivity contribution < 1.29 is 17.9 Å². The van der Waals surface area contributed by atoms with Gasteiger partial charge >= 0.3 is 6.18 Å². The second kappa shape index (κ2) is 5.39. The monoisotopic (exact) mass is 245 g/mol. The lowest BCUT2D eigenvalue weighted by Crippen LogP contribution is -2.10. The Morgan fingerprint density at radius 1 is 1.47 bits per heavy atom. The zero-order valence-corrected chi connectivity index (χ0v) is 8.79. The van der Waals surface area contributed by atoms with Crippen LogP contribution in [0.4, 0.5) is 18.9 Å². The Hall–Kier alpha value is -1.97. The number of nitrogens with zero attached hydrogens (tertiary/aromatic N) is 2. The van der Waals surface area contributed by atoms with Crippen molar-refractivity contribution in [3.8, 4) is 11.9 Å². The third kappa shape index (κ3) is 4.18. The summed E-state index contributed by atoms with van der Waals surface area (Å²) in [6, 6.07) is 3.23. The first-order valence-corrected chi connectivity index (χ1v) is 4.78. The summed E-state index contributed by atoms with van der Waals surface area (Å²) in [6.45, 7) is -0.147. The number of hydrogen-bond acceptors (Lipinski definition) is 4. The van der Waals surface area contributed by atoms with Gasteiger partial charge in [-0.15, -0.1) is 0 Å². The number of ether oxygens (including phenoxy) is 1. The van der Waals surface area contributed by atoms with E-state index in [1.54, 1.807) is 0 Å². The number of alkyl halides is 3. The first-order chi connectivity index (χ1) is 7.94. The molecule has 0 saturated heterocycles. The number of nitrogen functional groups attached to an aromatic ring is 1. The molecule has 0 unspecified atom stereocenters. The van der Waals surface area contributed by atoms with E-state index >= 15 is 0 Å². The molecule has 4 nitrogen and oxygen atoms in total. The van der Waals surface area contributed by atoms with E-state index in [1.165, 1.54) is 12.3 Å². The number of hydrogen-bond donors (Lipinski definition) is 1. The van der Waals surface area contributed by atoms with Crippen LogP contribution in [-0.4, -0.2) is 17.8 Å². The van der Waals surface area contributed by atoms with E-state index < -0.39 is 12.6 Å². The van der Waals surface area contributed by atoms with Crippen molar-refractivity contribution in [1.29, 1.82) is 5.26 Å².